The van der Waals surface area contributed by atoms with Crippen LogP contribution in [-0.2, 0) is 10.5 Å². The molecule has 0 radical (unpaired) electrons. The fourth-order valence-electron chi connectivity index (χ4n) is 3.83. The fourth-order valence-corrected chi connectivity index (χ4v) is 5.07. The molecule has 0 saturated carbocycles. The molecule has 1 unspecified atom stereocenters. The molecule has 7 nitrogen and oxygen atoms in total. The van der Waals surface area contributed by atoms with Crippen LogP contribution in [0.3, 0.4) is 0 Å². The van der Waals surface area contributed by atoms with Gasteiger partial charge in [0.05, 0.1) is 17.5 Å². The van der Waals surface area contributed by atoms with E-state index in [1.165, 1.54) is 11.8 Å². The zero-order valence-corrected chi connectivity index (χ0v) is 20.9. The second-order valence-electron chi connectivity index (χ2n) is 7.86. The van der Waals surface area contributed by atoms with Crippen molar-refractivity contribution in [1.82, 2.24) is 19.7 Å². The lowest BCUT2D eigenvalue weighted by atomic mass is 9.95. The van der Waals surface area contributed by atoms with Crippen LogP contribution in [-0.4, -0.2) is 25.7 Å². The van der Waals surface area contributed by atoms with Crippen LogP contribution in [0.1, 0.15) is 24.1 Å². The highest BCUT2D eigenvalue weighted by atomic mass is 35.5. The van der Waals surface area contributed by atoms with Gasteiger partial charge in [-0.05, 0) is 48.4 Å². The maximum absolute atomic E-state index is 13.4. The van der Waals surface area contributed by atoms with Gasteiger partial charge in [-0.15, -0.1) is 5.10 Å². The summed E-state index contributed by atoms with van der Waals surface area (Å²) in [5.74, 6) is 0.923. The number of aromatic nitrogens is 4. The van der Waals surface area contributed by atoms with Gasteiger partial charge in [0, 0.05) is 27.7 Å². The molecule has 3 heterocycles. The minimum Gasteiger partial charge on any atom is -0.328 e. The van der Waals surface area contributed by atoms with Crippen LogP contribution in [0, 0.1) is 0 Å². The topological polar surface area (TPSA) is 84.7 Å². The minimum absolute atomic E-state index is 0.255. The molecule has 1 aliphatic rings. The normalized spacial score (nSPS) is 14.9. The fraction of sp³-hybridized carbons (Fsp3) is 0.120. The van der Waals surface area contributed by atoms with Gasteiger partial charge >= 0.3 is 0 Å². The highest BCUT2D eigenvalue weighted by molar-refractivity contribution is 7.98. The Morgan fingerprint density at radius 1 is 1.11 bits per heavy atom. The van der Waals surface area contributed by atoms with Gasteiger partial charge in [0.2, 0.25) is 11.1 Å². The Morgan fingerprint density at radius 3 is 2.66 bits per heavy atom. The summed E-state index contributed by atoms with van der Waals surface area (Å²) in [6.45, 7) is 1.86. The highest BCUT2D eigenvalue weighted by Gasteiger charge is 2.34. The molecule has 2 N–H and O–H groups in total. The highest BCUT2D eigenvalue weighted by Crippen LogP contribution is 2.37. The van der Waals surface area contributed by atoms with Crippen LogP contribution in [0.25, 0.3) is 0 Å². The third-order valence-corrected chi connectivity index (χ3v) is 7.00. The number of carbonyl (C=O) groups is 1. The number of carbonyl (C=O) groups excluding carboxylic acids is 1. The van der Waals surface area contributed by atoms with Gasteiger partial charge in [-0.1, -0.05) is 65.3 Å². The summed E-state index contributed by atoms with van der Waals surface area (Å²) in [6.07, 6.45) is 3.26. The lowest BCUT2D eigenvalue weighted by Gasteiger charge is -2.28. The molecule has 2 aromatic carbocycles. The number of thioether (sulfide) groups is 1. The molecule has 10 heteroatoms. The molecule has 0 spiro atoms. The Kier molecular flexibility index (Phi) is 6.77. The number of benzene rings is 2. The number of nitrogens with zero attached hydrogens (tertiary/aromatic N) is 4. The first-order chi connectivity index (χ1) is 17.0. The van der Waals surface area contributed by atoms with E-state index in [-0.39, 0.29) is 5.91 Å². The van der Waals surface area contributed by atoms with E-state index in [0.717, 1.165) is 11.1 Å². The number of hydrogen-bond acceptors (Lipinski definition) is 6. The first kappa shape index (κ1) is 23.4. The van der Waals surface area contributed by atoms with Crippen molar-refractivity contribution in [2.75, 3.05) is 10.6 Å². The smallest absolute Gasteiger partial charge is 0.255 e. The molecule has 2 aromatic heterocycles. The van der Waals surface area contributed by atoms with Crippen molar-refractivity contribution < 1.29 is 4.79 Å². The molecule has 0 bridgehead atoms. The summed E-state index contributed by atoms with van der Waals surface area (Å²) >= 11 is 13.9. The Bertz CT molecular complexity index is 1410. The molecule has 0 fully saturated rings. The van der Waals surface area contributed by atoms with Crippen molar-refractivity contribution in [2.24, 2.45) is 0 Å². The number of anilines is 2. The standard InChI is InChI=1S/C25H20Cl2N6OS/c1-15-21(23(34)30-19-6-4-12-28-13-19)22(16-8-10-18(26)11-9-16)33-24(29-15)31-25(32-33)35-14-17-5-2-3-7-20(17)27/h2-13,22H,14H2,1H3,(H,30,34)(H,29,31,32). The van der Waals surface area contributed by atoms with Gasteiger partial charge in [-0.3, -0.25) is 9.78 Å². The summed E-state index contributed by atoms with van der Waals surface area (Å²) in [7, 11) is 0. The van der Waals surface area contributed by atoms with Crippen LogP contribution in [0.15, 0.2) is 89.5 Å². The Balaban J connectivity index is 1.49. The average Bonchev–Trinajstić information content (AvgIpc) is 3.26. The van der Waals surface area contributed by atoms with E-state index < -0.39 is 6.04 Å². The Labute approximate surface area is 216 Å². The average molecular weight is 523 g/mol. The summed E-state index contributed by atoms with van der Waals surface area (Å²) < 4.78 is 1.74. The number of hydrogen-bond donors (Lipinski definition) is 2. The lowest BCUT2D eigenvalue weighted by Crippen LogP contribution is -2.31. The van der Waals surface area contributed by atoms with E-state index in [9.17, 15) is 4.79 Å². The molecule has 5 rings (SSSR count). The van der Waals surface area contributed by atoms with Crippen LogP contribution >= 0.6 is 35.0 Å². The summed E-state index contributed by atoms with van der Waals surface area (Å²) in [6, 6.07) is 18.1. The van der Waals surface area contributed by atoms with E-state index in [1.807, 2.05) is 43.3 Å². The third-order valence-electron chi connectivity index (χ3n) is 5.50. The van der Waals surface area contributed by atoms with Crippen molar-refractivity contribution in [3.8, 4) is 0 Å². The zero-order chi connectivity index (χ0) is 24.4. The first-order valence-corrected chi connectivity index (χ1v) is 12.5. The monoisotopic (exact) mass is 522 g/mol. The Morgan fingerprint density at radius 2 is 1.91 bits per heavy atom. The molecule has 0 saturated heterocycles. The summed E-state index contributed by atoms with van der Waals surface area (Å²) in [4.78, 5) is 22.2. The molecular weight excluding hydrogens is 503 g/mol. The SMILES string of the molecule is CC1=C(C(=O)Nc2cccnc2)C(c2ccc(Cl)cc2)n2nc(SCc3ccccc3Cl)nc2N1. The second kappa shape index (κ2) is 10.1. The van der Waals surface area contributed by atoms with Gasteiger partial charge in [0.25, 0.3) is 5.91 Å². The van der Waals surface area contributed by atoms with Gasteiger partial charge in [0.15, 0.2) is 0 Å². The van der Waals surface area contributed by atoms with Crippen molar-refractivity contribution in [3.05, 3.63) is 105 Å². The first-order valence-electron chi connectivity index (χ1n) is 10.8. The van der Waals surface area contributed by atoms with Gasteiger partial charge < -0.3 is 10.6 Å². The maximum atomic E-state index is 13.4. The number of amides is 1. The number of halogens is 2. The minimum atomic E-state index is -0.498. The molecule has 35 heavy (non-hydrogen) atoms. The van der Waals surface area contributed by atoms with Gasteiger partial charge in [-0.2, -0.15) is 4.98 Å². The van der Waals surface area contributed by atoms with E-state index >= 15 is 0 Å². The molecular formula is C25H20Cl2N6OS. The molecule has 0 aliphatic carbocycles. The van der Waals surface area contributed by atoms with Crippen LogP contribution < -0.4 is 10.6 Å². The quantitative estimate of drug-likeness (QED) is 0.293. The predicted octanol–water partition coefficient (Wildman–Crippen LogP) is 6.20. The number of allylic oxidation sites excluding steroid dienone is 1. The Hall–Kier alpha value is -3.33. The van der Waals surface area contributed by atoms with Crippen molar-refractivity contribution in [3.63, 3.8) is 0 Å². The van der Waals surface area contributed by atoms with E-state index in [4.69, 9.17) is 28.3 Å². The second-order valence-corrected chi connectivity index (χ2v) is 9.64. The van der Waals surface area contributed by atoms with E-state index in [2.05, 4.69) is 20.6 Å². The number of pyridine rings is 1. The van der Waals surface area contributed by atoms with Crippen molar-refractivity contribution >= 4 is 52.5 Å². The van der Waals surface area contributed by atoms with Crippen LogP contribution in [0.5, 0.6) is 0 Å². The number of fused-ring (bicyclic) bond motifs is 1. The van der Waals surface area contributed by atoms with Crippen molar-refractivity contribution in [1.29, 1.82) is 0 Å². The van der Waals surface area contributed by atoms with Crippen LogP contribution in [0.4, 0.5) is 11.6 Å². The lowest BCUT2D eigenvalue weighted by molar-refractivity contribution is -0.113. The third kappa shape index (κ3) is 5.05. The number of rotatable bonds is 6. The number of nitrogens with one attached hydrogen (secondary N) is 2. The van der Waals surface area contributed by atoms with Crippen molar-refractivity contribution in [2.45, 2.75) is 23.9 Å². The van der Waals surface area contributed by atoms with Gasteiger partial charge in [0.1, 0.15) is 6.04 Å². The van der Waals surface area contributed by atoms with Gasteiger partial charge in [-0.25, -0.2) is 4.68 Å². The largest absolute Gasteiger partial charge is 0.328 e. The molecule has 1 atom stereocenters. The zero-order valence-electron chi connectivity index (χ0n) is 18.6. The molecule has 1 amide bonds. The van der Waals surface area contributed by atoms with E-state index in [0.29, 0.717) is 43.9 Å². The van der Waals surface area contributed by atoms with Crippen LogP contribution in [0.2, 0.25) is 10.0 Å². The predicted molar refractivity (Wildman–Crippen MR) is 140 cm³/mol. The maximum Gasteiger partial charge on any atom is 0.255 e. The molecule has 4 aromatic rings. The summed E-state index contributed by atoms with van der Waals surface area (Å²) in [5, 5.41) is 12.8. The summed E-state index contributed by atoms with van der Waals surface area (Å²) in [5.41, 5.74) is 3.68. The molecule has 176 valence electrons. The molecule has 1 aliphatic heterocycles. The van der Waals surface area contributed by atoms with E-state index in [1.54, 1.807) is 41.3 Å².